The van der Waals surface area contributed by atoms with Gasteiger partial charge in [-0.2, -0.15) is 0 Å². The van der Waals surface area contributed by atoms with Crippen LogP contribution < -0.4 is 0 Å². The van der Waals surface area contributed by atoms with Gasteiger partial charge in [0, 0.05) is 11.6 Å². The smallest absolute Gasteiger partial charge is 0.141 e. The van der Waals surface area contributed by atoms with E-state index in [-0.39, 0.29) is 15.8 Å². The first kappa shape index (κ1) is 8.46. The maximum absolute atomic E-state index is 12.7. The molecule has 0 aromatic heterocycles. The van der Waals surface area contributed by atoms with Gasteiger partial charge in [-0.25, -0.2) is 8.78 Å². The van der Waals surface area contributed by atoms with Gasteiger partial charge in [0.05, 0.1) is 4.47 Å². The van der Waals surface area contributed by atoms with E-state index >= 15 is 0 Å². The minimum absolute atomic E-state index is 0.0674. The molecule has 4 heteroatoms. The Morgan fingerprint density at radius 2 is 2.09 bits per heavy atom. The molecule has 0 amide bonds. The molecule has 0 saturated carbocycles. The van der Waals surface area contributed by atoms with Gasteiger partial charge in [-0.15, -0.1) is 0 Å². The zero-order chi connectivity index (χ0) is 8.43. The number of phenols is 1. The summed E-state index contributed by atoms with van der Waals surface area (Å²) in [4.78, 5) is 0. The lowest BCUT2D eigenvalue weighted by molar-refractivity contribution is 0.453. The van der Waals surface area contributed by atoms with E-state index in [0.717, 1.165) is 6.07 Å². The van der Waals surface area contributed by atoms with Gasteiger partial charge in [-0.1, -0.05) is 0 Å². The molecule has 0 heterocycles. The van der Waals surface area contributed by atoms with Crippen LogP contribution in [0, 0.1) is 5.82 Å². The molecule has 0 bridgehead atoms. The Morgan fingerprint density at radius 1 is 1.45 bits per heavy atom. The Labute approximate surface area is 70.8 Å². The molecule has 0 spiro atoms. The van der Waals surface area contributed by atoms with E-state index in [1.807, 2.05) is 0 Å². The van der Waals surface area contributed by atoms with Gasteiger partial charge in [-0.05, 0) is 22.0 Å². The number of hydrogen-bond acceptors (Lipinski definition) is 1. The van der Waals surface area contributed by atoms with Crippen LogP contribution in [0.4, 0.5) is 8.78 Å². The summed E-state index contributed by atoms with van der Waals surface area (Å²) in [6.07, 6.45) is 0. The third-order valence-corrected chi connectivity index (χ3v) is 2.12. The second kappa shape index (κ2) is 3.17. The van der Waals surface area contributed by atoms with Crippen LogP contribution in [0.25, 0.3) is 0 Å². The minimum atomic E-state index is -0.800. The molecular weight excluding hydrogens is 218 g/mol. The predicted octanol–water partition coefficient (Wildman–Crippen LogP) is 2.76. The lowest BCUT2D eigenvalue weighted by atomic mass is 10.2. The van der Waals surface area contributed by atoms with Crippen LogP contribution >= 0.6 is 15.9 Å². The molecule has 0 aliphatic carbocycles. The zero-order valence-electron chi connectivity index (χ0n) is 5.44. The Bertz CT molecular complexity index is 275. The molecule has 1 aromatic rings. The predicted molar refractivity (Wildman–Crippen MR) is 40.6 cm³/mol. The molecule has 60 valence electrons. The number of aromatic hydroxyl groups is 1. The average molecular weight is 223 g/mol. The van der Waals surface area contributed by atoms with Crippen molar-refractivity contribution in [2.24, 2.45) is 0 Å². The number of rotatable bonds is 1. The number of hydrogen-bond donors (Lipinski definition) is 1. The van der Waals surface area contributed by atoms with Crippen LogP contribution in [-0.2, 0) is 6.67 Å². The first-order chi connectivity index (χ1) is 5.15. The largest absolute Gasteiger partial charge is 0.508 e. The van der Waals surface area contributed by atoms with Crippen molar-refractivity contribution in [1.29, 1.82) is 0 Å². The van der Waals surface area contributed by atoms with Crippen molar-refractivity contribution in [2.75, 3.05) is 0 Å². The van der Waals surface area contributed by atoms with E-state index in [4.69, 9.17) is 5.11 Å². The molecule has 0 aliphatic heterocycles. The molecule has 1 nitrogen and oxygen atoms in total. The highest BCUT2D eigenvalue weighted by atomic mass is 79.9. The van der Waals surface area contributed by atoms with Crippen molar-refractivity contribution < 1.29 is 13.9 Å². The molecule has 0 atom stereocenters. The molecule has 1 rings (SSSR count). The molecule has 0 unspecified atom stereocenters. The van der Waals surface area contributed by atoms with Gasteiger partial charge in [0.2, 0.25) is 0 Å². The van der Waals surface area contributed by atoms with Crippen LogP contribution in [0.5, 0.6) is 5.75 Å². The molecular formula is C7H5BrF2O. The average Bonchev–Trinajstić information content (AvgIpc) is 1.96. The number of alkyl halides is 1. The van der Waals surface area contributed by atoms with Crippen molar-refractivity contribution in [3.63, 3.8) is 0 Å². The maximum Gasteiger partial charge on any atom is 0.141 e. The molecule has 0 saturated heterocycles. The lowest BCUT2D eigenvalue weighted by Gasteiger charge is -2.00. The topological polar surface area (TPSA) is 20.2 Å². The van der Waals surface area contributed by atoms with E-state index in [2.05, 4.69) is 15.9 Å². The fraction of sp³-hybridized carbons (Fsp3) is 0.143. The maximum atomic E-state index is 12.7. The molecule has 1 aromatic carbocycles. The van der Waals surface area contributed by atoms with E-state index < -0.39 is 12.5 Å². The molecule has 11 heavy (non-hydrogen) atoms. The van der Waals surface area contributed by atoms with Gasteiger partial charge in [0.15, 0.2) is 0 Å². The highest BCUT2D eigenvalue weighted by Gasteiger charge is 2.06. The second-order valence-electron chi connectivity index (χ2n) is 2.03. The van der Waals surface area contributed by atoms with E-state index in [1.165, 1.54) is 6.07 Å². The van der Waals surface area contributed by atoms with Gasteiger partial charge < -0.3 is 5.11 Å². The highest BCUT2D eigenvalue weighted by Crippen LogP contribution is 2.26. The van der Waals surface area contributed by atoms with Crippen LogP contribution in [0.15, 0.2) is 16.6 Å². The normalized spacial score (nSPS) is 10.1. The summed E-state index contributed by atoms with van der Waals surface area (Å²) in [7, 11) is 0. The first-order valence-corrected chi connectivity index (χ1v) is 3.67. The first-order valence-electron chi connectivity index (χ1n) is 2.88. The third-order valence-electron chi connectivity index (χ3n) is 1.23. The van der Waals surface area contributed by atoms with Gasteiger partial charge in [0.25, 0.3) is 0 Å². The summed E-state index contributed by atoms with van der Waals surface area (Å²) < 4.78 is 24.8. The summed E-state index contributed by atoms with van der Waals surface area (Å²) in [5, 5.41) is 8.82. The standard InChI is InChI=1S/C7H5BrF2O/c8-7-4(3-9)1-5(11)2-6(7)10/h1-2,11H,3H2. The Morgan fingerprint density at radius 3 is 2.64 bits per heavy atom. The second-order valence-corrected chi connectivity index (χ2v) is 2.83. The van der Waals surface area contributed by atoms with Crippen LogP contribution in [-0.4, -0.2) is 5.11 Å². The summed E-state index contributed by atoms with van der Waals surface area (Å²) in [5.74, 6) is -0.920. The summed E-state index contributed by atoms with van der Waals surface area (Å²) in [6, 6.07) is 2.09. The van der Waals surface area contributed by atoms with Gasteiger partial charge in [0.1, 0.15) is 18.2 Å². The monoisotopic (exact) mass is 222 g/mol. The summed E-state index contributed by atoms with van der Waals surface area (Å²) in [5.41, 5.74) is 0.113. The minimum Gasteiger partial charge on any atom is -0.508 e. The molecule has 1 N–H and O–H groups in total. The van der Waals surface area contributed by atoms with Gasteiger partial charge in [-0.3, -0.25) is 0 Å². The molecule has 0 radical (unpaired) electrons. The van der Waals surface area contributed by atoms with E-state index in [9.17, 15) is 8.78 Å². The zero-order valence-corrected chi connectivity index (χ0v) is 7.03. The van der Waals surface area contributed by atoms with Crippen molar-refractivity contribution in [3.05, 3.63) is 28.0 Å². The van der Waals surface area contributed by atoms with Crippen molar-refractivity contribution in [1.82, 2.24) is 0 Å². The number of benzene rings is 1. The summed E-state index contributed by atoms with van der Waals surface area (Å²) in [6.45, 7) is -0.800. The Balaban J connectivity index is 3.24. The fourth-order valence-electron chi connectivity index (χ4n) is 0.727. The lowest BCUT2D eigenvalue weighted by Crippen LogP contribution is -1.85. The van der Waals surface area contributed by atoms with Crippen LogP contribution in [0.3, 0.4) is 0 Å². The fourth-order valence-corrected chi connectivity index (χ4v) is 1.06. The van der Waals surface area contributed by atoms with Crippen molar-refractivity contribution >= 4 is 15.9 Å². The highest BCUT2D eigenvalue weighted by molar-refractivity contribution is 9.10. The molecule has 0 aliphatic rings. The number of phenolic OH excluding ortho intramolecular Hbond substituents is 1. The van der Waals surface area contributed by atoms with Crippen molar-refractivity contribution in [2.45, 2.75) is 6.67 Å². The molecule has 0 fully saturated rings. The van der Waals surface area contributed by atoms with E-state index in [0.29, 0.717) is 0 Å². The number of halogens is 3. The van der Waals surface area contributed by atoms with E-state index in [1.54, 1.807) is 0 Å². The van der Waals surface area contributed by atoms with Crippen LogP contribution in [0.1, 0.15) is 5.56 Å². The van der Waals surface area contributed by atoms with Crippen LogP contribution in [0.2, 0.25) is 0 Å². The van der Waals surface area contributed by atoms with Gasteiger partial charge >= 0.3 is 0 Å². The SMILES string of the molecule is Oc1cc(F)c(Br)c(CF)c1. The third kappa shape index (κ3) is 1.68. The quantitative estimate of drug-likeness (QED) is 0.775. The Kier molecular flexibility index (Phi) is 2.44. The summed E-state index contributed by atoms with van der Waals surface area (Å²) >= 11 is 2.85. The van der Waals surface area contributed by atoms with Crippen molar-refractivity contribution in [3.8, 4) is 5.75 Å². The Hall–Kier alpha value is -0.640.